The van der Waals surface area contributed by atoms with E-state index < -0.39 is 0 Å². The fraction of sp³-hybridized carbons (Fsp3) is 0. The summed E-state index contributed by atoms with van der Waals surface area (Å²) in [6, 6.07) is 77.0. The lowest BCUT2D eigenvalue weighted by molar-refractivity contribution is 0.673. The van der Waals surface area contributed by atoms with Crippen molar-refractivity contribution < 1.29 is 4.42 Å². The molecule has 2 heterocycles. The Kier molecular flexibility index (Phi) is 7.75. The summed E-state index contributed by atoms with van der Waals surface area (Å²) in [7, 11) is 0. The van der Waals surface area contributed by atoms with Crippen molar-refractivity contribution in [3.63, 3.8) is 0 Å². The summed E-state index contributed by atoms with van der Waals surface area (Å²) >= 11 is 1.86. The highest BCUT2D eigenvalue weighted by Crippen LogP contribution is 2.46. The first-order chi connectivity index (χ1) is 29.2. The van der Waals surface area contributed by atoms with Gasteiger partial charge in [0.1, 0.15) is 11.2 Å². The minimum Gasteiger partial charge on any atom is -0.455 e. The standard InChI is InChI=1S/C56H35NOS/c1-3-14-43-37(11-1)13-9-18-44(43)39-25-31-42(32-26-39)57(41-29-23-36(24-30-41)40-28-33-48-47-17-6-8-22-53(47)59-54(48)35-40)51-20-7-5-16-46(51)49-19-10-21-52-55(49)50-34-27-38-12-2-4-15-45(38)56(50)58-52/h1-35H. The fourth-order valence-corrected chi connectivity index (χ4v) is 10.2. The Hall–Kier alpha value is -7.46. The lowest BCUT2D eigenvalue weighted by Gasteiger charge is -2.28. The third kappa shape index (κ3) is 5.55. The van der Waals surface area contributed by atoms with E-state index in [0.717, 1.165) is 55.5 Å². The van der Waals surface area contributed by atoms with Crippen molar-refractivity contribution in [1.82, 2.24) is 0 Å². The van der Waals surface area contributed by atoms with Crippen LogP contribution in [0.2, 0.25) is 0 Å². The zero-order valence-electron chi connectivity index (χ0n) is 32.0. The average Bonchev–Trinajstić information content (AvgIpc) is 3.88. The van der Waals surface area contributed by atoms with E-state index in [4.69, 9.17) is 4.42 Å². The SMILES string of the molecule is c1ccc(N(c2ccc(-c3ccc4c(c3)sc3ccccc34)cc2)c2ccc(-c3cccc4ccccc34)cc2)c(-c2cccc3oc4c5ccccc5ccc4c23)c1. The second-order valence-corrected chi connectivity index (χ2v) is 16.3. The lowest BCUT2D eigenvalue weighted by Crippen LogP contribution is -2.11. The van der Waals surface area contributed by atoms with Gasteiger partial charge in [-0.05, 0) is 98.6 Å². The molecule has 2 nitrogen and oxygen atoms in total. The highest BCUT2D eigenvalue weighted by molar-refractivity contribution is 7.25. The molecule has 0 aliphatic heterocycles. The lowest BCUT2D eigenvalue weighted by atomic mass is 9.95. The number of fused-ring (bicyclic) bond motifs is 9. The number of anilines is 3. The molecule has 0 bridgehead atoms. The van der Waals surface area contributed by atoms with Crippen LogP contribution in [0, 0.1) is 0 Å². The molecule has 2 aromatic heterocycles. The molecule has 276 valence electrons. The van der Waals surface area contributed by atoms with Gasteiger partial charge in [-0.3, -0.25) is 0 Å². The molecule has 0 aliphatic rings. The first-order valence-electron chi connectivity index (χ1n) is 20.1. The molecular formula is C56H35NOS. The molecule has 0 amide bonds. The smallest absolute Gasteiger partial charge is 0.143 e. The number of hydrogen-bond donors (Lipinski definition) is 0. The van der Waals surface area contributed by atoms with Crippen LogP contribution < -0.4 is 4.90 Å². The molecule has 3 heteroatoms. The highest BCUT2D eigenvalue weighted by Gasteiger charge is 2.21. The van der Waals surface area contributed by atoms with E-state index in [-0.39, 0.29) is 0 Å². The molecule has 0 radical (unpaired) electrons. The summed E-state index contributed by atoms with van der Waals surface area (Å²) in [5.74, 6) is 0. The fourth-order valence-electron chi connectivity index (χ4n) is 9.08. The van der Waals surface area contributed by atoms with E-state index in [1.54, 1.807) is 0 Å². The van der Waals surface area contributed by atoms with E-state index in [0.29, 0.717) is 0 Å². The van der Waals surface area contributed by atoms with Gasteiger partial charge in [-0.15, -0.1) is 11.3 Å². The summed E-state index contributed by atoms with van der Waals surface area (Å²) in [5.41, 5.74) is 12.1. The van der Waals surface area contributed by atoms with E-state index >= 15 is 0 Å². The number of hydrogen-bond acceptors (Lipinski definition) is 3. The Morgan fingerprint density at radius 3 is 1.76 bits per heavy atom. The van der Waals surface area contributed by atoms with Gasteiger partial charge in [0, 0.05) is 53.3 Å². The molecule has 12 aromatic rings. The van der Waals surface area contributed by atoms with Crippen LogP contribution in [0.1, 0.15) is 0 Å². The van der Waals surface area contributed by atoms with Gasteiger partial charge in [0.05, 0.1) is 5.69 Å². The molecule has 59 heavy (non-hydrogen) atoms. The Labute approximate surface area is 345 Å². The van der Waals surface area contributed by atoms with Crippen molar-refractivity contribution in [2.75, 3.05) is 4.90 Å². The minimum absolute atomic E-state index is 0.884. The highest BCUT2D eigenvalue weighted by atomic mass is 32.1. The summed E-state index contributed by atoms with van der Waals surface area (Å²) in [6.45, 7) is 0. The maximum absolute atomic E-state index is 6.67. The number of para-hydroxylation sites is 1. The van der Waals surface area contributed by atoms with Crippen molar-refractivity contribution in [3.05, 3.63) is 212 Å². The molecule has 0 saturated heterocycles. The second kappa shape index (κ2) is 13.6. The van der Waals surface area contributed by atoms with E-state index in [1.165, 1.54) is 58.6 Å². The monoisotopic (exact) mass is 769 g/mol. The Morgan fingerprint density at radius 2 is 0.932 bits per heavy atom. The second-order valence-electron chi connectivity index (χ2n) is 15.2. The maximum Gasteiger partial charge on any atom is 0.143 e. The first-order valence-corrected chi connectivity index (χ1v) is 20.9. The zero-order chi connectivity index (χ0) is 38.9. The Bertz CT molecular complexity index is 3550. The number of nitrogens with zero attached hydrogens (tertiary/aromatic N) is 1. The van der Waals surface area contributed by atoms with Gasteiger partial charge in [-0.2, -0.15) is 0 Å². The molecule has 0 atom stereocenters. The van der Waals surface area contributed by atoms with Crippen LogP contribution in [-0.2, 0) is 0 Å². The molecule has 0 fully saturated rings. The Morgan fingerprint density at radius 1 is 0.356 bits per heavy atom. The average molecular weight is 770 g/mol. The normalized spacial score (nSPS) is 11.7. The van der Waals surface area contributed by atoms with Crippen LogP contribution in [0.15, 0.2) is 217 Å². The maximum atomic E-state index is 6.67. The van der Waals surface area contributed by atoms with Crippen molar-refractivity contribution >= 4 is 92.1 Å². The van der Waals surface area contributed by atoms with Gasteiger partial charge in [0.25, 0.3) is 0 Å². The van der Waals surface area contributed by atoms with Gasteiger partial charge in [0.2, 0.25) is 0 Å². The topological polar surface area (TPSA) is 16.4 Å². The predicted molar refractivity (Wildman–Crippen MR) is 253 cm³/mol. The third-order valence-electron chi connectivity index (χ3n) is 11.9. The van der Waals surface area contributed by atoms with E-state index in [1.807, 2.05) is 11.3 Å². The molecule has 0 spiro atoms. The van der Waals surface area contributed by atoms with Crippen molar-refractivity contribution in [2.45, 2.75) is 0 Å². The first kappa shape index (κ1) is 33.7. The van der Waals surface area contributed by atoms with Gasteiger partial charge >= 0.3 is 0 Å². The molecular weight excluding hydrogens is 735 g/mol. The summed E-state index contributed by atoms with van der Waals surface area (Å²) in [5, 5.41) is 9.67. The van der Waals surface area contributed by atoms with Crippen LogP contribution in [0.5, 0.6) is 0 Å². The van der Waals surface area contributed by atoms with Gasteiger partial charge in [-0.25, -0.2) is 0 Å². The third-order valence-corrected chi connectivity index (χ3v) is 13.0. The van der Waals surface area contributed by atoms with Crippen LogP contribution in [0.4, 0.5) is 17.1 Å². The minimum atomic E-state index is 0.884. The number of benzene rings is 10. The molecule has 12 rings (SSSR count). The summed E-state index contributed by atoms with van der Waals surface area (Å²) < 4.78 is 9.30. The van der Waals surface area contributed by atoms with E-state index in [9.17, 15) is 0 Å². The van der Waals surface area contributed by atoms with E-state index in [2.05, 4.69) is 217 Å². The van der Waals surface area contributed by atoms with Crippen LogP contribution >= 0.6 is 11.3 Å². The zero-order valence-corrected chi connectivity index (χ0v) is 32.8. The van der Waals surface area contributed by atoms with Crippen LogP contribution in [-0.4, -0.2) is 0 Å². The molecule has 0 N–H and O–H groups in total. The van der Waals surface area contributed by atoms with Crippen molar-refractivity contribution in [1.29, 1.82) is 0 Å². The van der Waals surface area contributed by atoms with Crippen molar-refractivity contribution in [2.24, 2.45) is 0 Å². The number of rotatable bonds is 6. The molecule has 10 aromatic carbocycles. The van der Waals surface area contributed by atoms with Crippen LogP contribution in [0.25, 0.3) is 97.0 Å². The van der Waals surface area contributed by atoms with Crippen molar-refractivity contribution in [3.8, 4) is 33.4 Å². The van der Waals surface area contributed by atoms with Gasteiger partial charge < -0.3 is 9.32 Å². The summed E-state index contributed by atoms with van der Waals surface area (Å²) in [6.07, 6.45) is 0. The van der Waals surface area contributed by atoms with Crippen LogP contribution in [0.3, 0.4) is 0 Å². The molecule has 0 unspecified atom stereocenters. The molecule has 0 aliphatic carbocycles. The predicted octanol–water partition coefficient (Wildman–Crippen LogP) is 16.7. The van der Waals surface area contributed by atoms with Gasteiger partial charge in [0.15, 0.2) is 0 Å². The number of thiophene rings is 1. The quantitative estimate of drug-likeness (QED) is 0.167. The Balaban J connectivity index is 1.02. The number of furan rings is 1. The molecule has 0 saturated carbocycles. The largest absolute Gasteiger partial charge is 0.455 e. The summed E-state index contributed by atoms with van der Waals surface area (Å²) in [4.78, 5) is 2.40. The van der Waals surface area contributed by atoms with Gasteiger partial charge in [-0.1, -0.05) is 158 Å².